The van der Waals surface area contributed by atoms with Crippen molar-refractivity contribution in [2.45, 2.75) is 20.3 Å². The van der Waals surface area contributed by atoms with Crippen molar-refractivity contribution in [3.05, 3.63) is 70.3 Å². The fraction of sp³-hybridized carbons (Fsp3) is 0.158. The predicted molar refractivity (Wildman–Crippen MR) is 103 cm³/mol. The van der Waals surface area contributed by atoms with E-state index in [-0.39, 0.29) is 0 Å². The number of nitrogens with one attached hydrogen (secondary N) is 2. The molecule has 5 heteroatoms. The lowest BCUT2D eigenvalue weighted by molar-refractivity contribution is 1.10. The maximum atomic E-state index is 4.58. The van der Waals surface area contributed by atoms with Crippen LogP contribution in [0.25, 0.3) is 0 Å². The average Bonchev–Trinajstić information content (AvgIpc) is 2.55. The van der Waals surface area contributed by atoms with Gasteiger partial charge in [-0.1, -0.05) is 47.1 Å². The van der Waals surface area contributed by atoms with Crippen LogP contribution in [0.3, 0.4) is 0 Å². The SMILES string of the molecule is CCc1ccccc1Nc1cc(C)nc(Nc2cccc(Br)c2)n1. The number of para-hydroxylation sites is 1. The lowest BCUT2D eigenvalue weighted by Crippen LogP contribution is -2.03. The van der Waals surface area contributed by atoms with Gasteiger partial charge in [-0.2, -0.15) is 4.98 Å². The van der Waals surface area contributed by atoms with Crippen LogP contribution >= 0.6 is 15.9 Å². The third kappa shape index (κ3) is 4.11. The van der Waals surface area contributed by atoms with Gasteiger partial charge in [-0.25, -0.2) is 4.98 Å². The maximum Gasteiger partial charge on any atom is 0.229 e. The minimum absolute atomic E-state index is 0.574. The highest BCUT2D eigenvalue weighted by Crippen LogP contribution is 2.23. The molecule has 3 aromatic rings. The molecular weight excluding hydrogens is 364 g/mol. The van der Waals surface area contributed by atoms with Crippen LogP contribution < -0.4 is 10.6 Å². The first kappa shape index (κ1) is 16.5. The van der Waals surface area contributed by atoms with Crippen molar-refractivity contribution in [2.75, 3.05) is 10.6 Å². The Morgan fingerprint density at radius 1 is 0.958 bits per heavy atom. The first-order chi connectivity index (χ1) is 11.6. The van der Waals surface area contributed by atoms with Gasteiger partial charge in [0.25, 0.3) is 0 Å². The van der Waals surface area contributed by atoms with E-state index in [4.69, 9.17) is 0 Å². The minimum atomic E-state index is 0.574. The molecule has 0 spiro atoms. The monoisotopic (exact) mass is 382 g/mol. The normalized spacial score (nSPS) is 10.5. The Kier molecular flexibility index (Phi) is 5.11. The van der Waals surface area contributed by atoms with E-state index in [9.17, 15) is 0 Å². The molecule has 0 bridgehead atoms. The molecule has 0 atom stereocenters. The van der Waals surface area contributed by atoms with Crippen LogP contribution in [-0.4, -0.2) is 9.97 Å². The number of hydrogen-bond acceptors (Lipinski definition) is 4. The first-order valence-corrected chi connectivity index (χ1v) is 8.66. The molecule has 2 aromatic carbocycles. The average molecular weight is 383 g/mol. The number of aryl methyl sites for hydroxylation is 2. The molecule has 2 N–H and O–H groups in total. The molecule has 0 radical (unpaired) electrons. The number of hydrogen-bond donors (Lipinski definition) is 2. The summed E-state index contributed by atoms with van der Waals surface area (Å²) in [6.07, 6.45) is 0.969. The summed E-state index contributed by atoms with van der Waals surface area (Å²) in [5, 5.41) is 6.65. The molecule has 0 saturated heterocycles. The Balaban J connectivity index is 1.86. The molecular formula is C19H19BrN4. The highest BCUT2D eigenvalue weighted by molar-refractivity contribution is 9.10. The summed E-state index contributed by atoms with van der Waals surface area (Å²) in [7, 11) is 0. The number of halogens is 1. The molecule has 1 aromatic heterocycles. The van der Waals surface area contributed by atoms with Gasteiger partial charge in [0.05, 0.1) is 0 Å². The number of nitrogens with zero attached hydrogens (tertiary/aromatic N) is 2. The van der Waals surface area contributed by atoms with Gasteiger partial charge in [0.15, 0.2) is 0 Å². The molecule has 0 aliphatic rings. The fourth-order valence-corrected chi connectivity index (χ4v) is 2.87. The van der Waals surface area contributed by atoms with Crippen molar-refractivity contribution in [3.63, 3.8) is 0 Å². The summed E-state index contributed by atoms with van der Waals surface area (Å²) in [4.78, 5) is 9.05. The molecule has 0 aliphatic heterocycles. The Morgan fingerprint density at radius 2 is 1.79 bits per heavy atom. The Hall–Kier alpha value is -2.40. The van der Waals surface area contributed by atoms with Crippen molar-refractivity contribution >= 4 is 39.1 Å². The van der Waals surface area contributed by atoms with Crippen LogP contribution in [0.4, 0.5) is 23.1 Å². The summed E-state index contributed by atoms with van der Waals surface area (Å²) in [6.45, 7) is 4.11. The van der Waals surface area contributed by atoms with Crippen LogP contribution in [0, 0.1) is 6.92 Å². The lowest BCUT2D eigenvalue weighted by Gasteiger charge is -2.12. The van der Waals surface area contributed by atoms with Crippen LogP contribution in [0.5, 0.6) is 0 Å². The quantitative estimate of drug-likeness (QED) is 0.602. The lowest BCUT2D eigenvalue weighted by atomic mass is 10.1. The van der Waals surface area contributed by atoms with E-state index in [0.29, 0.717) is 5.95 Å². The van der Waals surface area contributed by atoms with Crippen molar-refractivity contribution in [2.24, 2.45) is 0 Å². The summed E-state index contributed by atoms with van der Waals surface area (Å²) < 4.78 is 1.01. The predicted octanol–water partition coefficient (Wildman–Crippen LogP) is 5.60. The summed E-state index contributed by atoms with van der Waals surface area (Å²) in [5.41, 5.74) is 4.18. The number of rotatable bonds is 5. The first-order valence-electron chi connectivity index (χ1n) is 7.87. The second kappa shape index (κ2) is 7.45. The molecule has 0 saturated carbocycles. The van der Waals surface area contributed by atoms with Crippen LogP contribution in [0.1, 0.15) is 18.2 Å². The summed E-state index contributed by atoms with van der Waals surface area (Å²) in [6, 6.07) is 18.1. The molecule has 0 amide bonds. The zero-order valence-corrected chi connectivity index (χ0v) is 15.3. The molecule has 24 heavy (non-hydrogen) atoms. The molecule has 1 heterocycles. The zero-order chi connectivity index (χ0) is 16.9. The van der Waals surface area contributed by atoms with Crippen molar-refractivity contribution in [1.29, 1.82) is 0 Å². The number of benzene rings is 2. The van der Waals surface area contributed by atoms with Gasteiger partial charge in [-0.05, 0) is 43.2 Å². The van der Waals surface area contributed by atoms with Crippen LogP contribution in [0.15, 0.2) is 59.1 Å². The third-order valence-electron chi connectivity index (χ3n) is 3.60. The van der Waals surface area contributed by atoms with Gasteiger partial charge >= 0.3 is 0 Å². The van der Waals surface area contributed by atoms with Gasteiger partial charge in [-0.3, -0.25) is 0 Å². The standard InChI is InChI=1S/C19H19BrN4/c1-3-14-7-4-5-10-17(14)23-18-11-13(2)21-19(24-18)22-16-9-6-8-15(20)12-16/h4-12H,3H2,1-2H3,(H2,21,22,23,24). The van der Waals surface area contributed by atoms with Crippen molar-refractivity contribution < 1.29 is 0 Å². The molecule has 0 aliphatic carbocycles. The topological polar surface area (TPSA) is 49.8 Å². The van der Waals surface area contributed by atoms with Gasteiger partial charge in [0.1, 0.15) is 5.82 Å². The molecule has 0 unspecified atom stereocenters. The van der Waals surface area contributed by atoms with E-state index in [1.165, 1.54) is 5.56 Å². The molecule has 3 rings (SSSR count). The van der Waals surface area contributed by atoms with Gasteiger partial charge < -0.3 is 10.6 Å². The van der Waals surface area contributed by atoms with Crippen LogP contribution in [-0.2, 0) is 6.42 Å². The number of anilines is 4. The van der Waals surface area contributed by atoms with E-state index in [0.717, 1.165) is 33.8 Å². The third-order valence-corrected chi connectivity index (χ3v) is 4.09. The van der Waals surface area contributed by atoms with E-state index in [1.807, 2.05) is 43.3 Å². The van der Waals surface area contributed by atoms with Gasteiger partial charge in [-0.15, -0.1) is 0 Å². The van der Waals surface area contributed by atoms with Gasteiger partial charge in [0, 0.05) is 27.6 Å². The maximum absolute atomic E-state index is 4.58. The van der Waals surface area contributed by atoms with E-state index in [1.54, 1.807) is 0 Å². The van der Waals surface area contributed by atoms with Crippen molar-refractivity contribution in [1.82, 2.24) is 9.97 Å². The Labute approximate surface area is 150 Å². The van der Waals surface area contributed by atoms with Crippen molar-refractivity contribution in [3.8, 4) is 0 Å². The molecule has 122 valence electrons. The zero-order valence-electron chi connectivity index (χ0n) is 13.7. The van der Waals surface area contributed by atoms with Crippen LogP contribution in [0.2, 0.25) is 0 Å². The van der Waals surface area contributed by atoms with E-state index >= 15 is 0 Å². The largest absolute Gasteiger partial charge is 0.340 e. The highest BCUT2D eigenvalue weighted by Gasteiger charge is 2.06. The van der Waals surface area contributed by atoms with Gasteiger partial charge in [0.2, 0.25) is 5.95 Å². The highest BCUT2D eigenvalue weighted by atomic mass is 79.9. The number of aromatic nitrogens is 2. The summed E-state index contributed by atoms with van der Waals surface area (Å²) >= 11 is 3.47. The minimum Gasteiger partial charge on any atom is -0.340 e. The smallest absolute Gasteiger partial charge is 0.229 e. The molecule has 0 fully saturated rings. The van der Waals surface area contributed by atoms with E-state index in [2.05, 4.69) is 61.7 Å². The van der Waals surface area contributed by atoms with E-state index < -0.39 is 0 Å². The second-order valence-electron chi connectivity index (χ2n) is 5.49. The Bertz CT molecular complexity index is 848. The summed E-state index contributed by atoms with van der Waals surface area (Å²) in [5.74, 6) is 1.35. The molecule has 4 nitrogen and oxygen atoms in total. The second-order valence-corrected chi connectivity index (χ2v) is 6.40. The Morgan fingerprint density at radius 3 is 2.58 bits per heavy atom. The fourth-order valence-electron chi connectivity index (χ4n) is 2.47.